The molecule has 3 aromatic carbocycles. The maximum Gasteiger partial charge on any atom is 0.270 e. The molecule has 5 rings (SSSR count). The number of non-ortho nitro benzene ring substituents is 2. The number of halogens is 1. The van der Waals surface area contributed by atoms with E-state index in [0.717, 1.165) is 17.6 Å². The average molecular weight is 538 g/mol. The summed E-state index contributed by atoms with van der Waals surface area (Å²) in [5.74, 6) is 0.284. The Balaban J connectivity index is 1.76. The molecule has 9 nitrogen and oxygen atoms in total. The third-order valence-electron chi connectivity index (χ3n) is 6.44. The molecule has 10 heteroatoms. The van der Waals surface area contributed by atoms with Crippen molar-refractivity contribution in [3.8, 4) is 17.2 Å². The van der Waals surface area contributed by atoms with Crippen LogP contribution in [-0.4, -0.2) is 14.8 Å². The number of allylic oxidation sites excluding steroid dienone is 1. The van der Waals surface area contributed by atoms with Crippen molar-refractivity contribution in [1.29, 1.82) is 5.26 Å². The van der Waals surface area contributed by atoms with Crippen molar-refractivity contribution in [1.82, 2.24) is 4.98 Å². The Labute approximate surface area is 228 Å². The standard InChI is InChI=1S/C29H20ClN5O4/c30-21-8-4-9-22(16-21)32-29-26(17-31)27(19-6-2-11-24(15-19)35(38)39)25-12-3-7-20(28(25)33-29)13-18-5-1-10-23(14-18)34(36)37/h1-2,4-6,8-11,13-16H,3,7,12H2,(H,32,33)/b20-13-. The van der Waals surface area contributed by atoms with Gasteiger partial charge in [-0.25, -0.2) is 4.98 Å². The molecule has 0 unspecified atom stereocenters. The Morgan fingerprint density at radius 1 is 0.949 bits per heavy atom. The van der Waals surface area contributed by atoms with Gasteiger partial charge in [0.05, 0.1) is 15.5 Å². The largest absolute Gasteiger partial charge is 0.339 e. The fraction of sp³-hybridized carbons (Fsp3) is 0.103. The van der Waals surface area contributed by atoms with Crippen LogP contribution in [0.2, 0.25) is 5.02 Å². The fourth-order valence-electron chi connectivity index (χ4n) is 4.77. The predicted molar refractivity (Wildman–Crippen MR) is 150 cm³/mol. The summed E-state index contributed by atoms with van der Waals surface area (Å²) < 4.78 is 0. The summed E-state index contributed by atoms with van der Waals surface area (Å²) in [4.78, 5) is 26.8. The Bertz CT molecular complexity index is 1710. The monoisotopic (exact) mass is 537 g/mol. The zero-order valence-electron chi connectivity index (χ0n) is 20.4. The van der Waals surface area contributed by atoms with Crippen LogP contribution in [0.5, 0.6) is 0 Å². The minimum Gasteiger partial charge on any atom is -0.339 e. The summed E-state index contributed by atoms with van der Waals surface area (Å²) in [6, 6.07) is 21.8. The summed E-state index contributed by atoms with van der Waals surface area (Å²) in [6.45, 7) is 0. The number of benzene rings is 3. The van der Waals surface area contributed by atoms with E-state index in [2.05, 4.69) is 11.4 Å². The molecule has 1 heterocycles. The highest BCUT2D eigenvalue weighted by atomic mass is 35.5. The van der Waals surface area contributed by atoms with Gasteiger partial charge in [0.2, 0.25) is 0 Å². The summed E-state index contributed by atoms with van der Waals surface area (Å²) in [6.07, 6.45) is 3.89. The number of hydrogen-bond donors (Lipinski definition) is 1. The van der Waals surface area contributed by atoms with Gasteiger partial charge in [-0.2, -0.15) is 5.26 Å². The first-order valence-corrected chi connectivity index (χ1v) is 12.4. The van der Waals surface area contributed by atoms with E-state index >= 15 is 0 Å². The molecule has 0 atom stereocenters. The predicted octanol–water partition coefficient (Wildman–Crippen LogP) is 7.71. The summed E-state index contributed by atoms with van der Waals surface area (Å²) in [5, 5.41) is 36.8. The highest BCUT2D eigenvalue weighted by Gasteiger charge is 2.26. The number of nitriles is 1. The first-order valence-electron chi connectivity index (χ1n) is 12.0. The quantitative estimate of drug-likeness (QED) is 0.196. The van der Waals surface area contributed by atoms with Gasteiger partial charge in [-0.05, 0) is 65.8 Å². The topological polar surface area (TPSA) is 135 Å². The van der Waals surface area contributed by atoms with Crippen molar-refractivity contribution in [2.75, 3.05) is 5.32 Å². The summed E-state index contributed by atoms with van der Waals surface area (Å²) >= 11 is 6.18. The highest BCUT2D eigenvalue weighted by molar-refractivity contribution is 6.30. The molecule has 4 aromatic rings. The van der Waals surface area contributed by atoms with Crippen LogP contribution in [0.15, 0.2) is 72.8 Å². The number of nitro benzene ring substituents is 2. The molecule has 0 fully saturated rings. The van der Waals surface area contributed by atoms with E-state index in [1.165, 1.54) is 24.3 Å². The Morgan fingerprint density at radius 3 is 2.38 bits per heavy atom. The number of anilines is 2. The second kappa shape index (κ2) is 10.7. The van der Waals surface area contributed by atoms with Gasteiger partial charge in [0.15, 0.2) is 0 Å². The van der Waals surface area contributed by atoms with E-state index in [-0.39, 0.29) is 22.8 Å². The van der Waals surface area contributed by atoms with Crippen molar-refractivity contribution in [3.05, 3.63) is 120 Å². The number of rotatable bonds is 6. The lowest BCUT2D eigenvalue weighted by atomic mass is 9.83. The zero-order chi connectivity index (χ0) is 27.5. The lowest BCUT2D eigenvalue weighted by Crippen LogP contribution is -2.11. The van der Waals surface area contributed by atoms with Crippen LogP contribution in [-0.2, 0) is 6.42 Å². The molecule has 0 bridgehead atoms. The van der Waals surface area contributed by atoms with Crippen LogP contribution in [0.4, 0.5) is 22.9 Å². The molecule has 192 valence electrons. The van der Waals surface area contributed by atoms with Crippen molar-refractivity contribution < 1.29 is 9.85 Å². The number of hydrogen-bond acceptors (Lipinski definition) is 7. The molecule has 1 aliphatic rings. The van der Waals surface area contributed by atoms with Crippen molar-refractivity contribution in [3.63, 3.8) is 0 Å². The van der Waals surface area contributed by atoms with Gasteiger partial charge < -0.3 is 5.32 Å². The molecule has 1 aliphatic carbocycles. The maximum atomic E-state index is 11.5. The SMILES string of the molecule is N#Cc1c(Nc2cccc(Cl)c2)nc2c(c1-c1cccc([N+](=O)[O-])c1)CCC/C2=C/c1cccc([N+](=O)[O-])c1. The van der Waals surface area contributed by atoms with Crippen molar-refractivity contribution in [2.24, 2.45) is 0 Å². The van der Waals surface area contributed by atoms with Crippen LogP contribution >= 0.6 is 11.6 Å². The number of nitrogens with zero attached hydrogens (tertiary/aromatic N) is 4. The molecule has 0 saturated heterocycles. The van der Waals surface area contributed by atoms with E-state index in [9.17, 15) is 25.5 Å². The van der Waals surface area contributed by atoms with Crippen molar-refractivity contribution >= 4 is 46.1 Å². The van der Waals surface area contributed by atoms with Gasteiger partial charge in [-0.1, -0.05) is 41.9 Å². The lowest BCUT2D eigenvalue weighted by molar-refractivity contribution is -0.385. The van der Waals surface area contributed by atoms with Gasteiger partial charge >= 0.3 is 0 Å². The first-order chi connectivity index (χ1) is 18.8. The summed E-state index contributed by atoms with van der Waals surface area (Å²) in [7, 11) is 0. The van der Waals surface area contributed by atoms with E-state index in [1.54, 1.807) is 48.5 Å². The second-order valence-electron chi connectivity index (χ2n) is 8.97. The highest BCUT2D eigenvalue weighted by Crippen LogP contribution is 2.42. The number of pyridine rings is 1. The van der Waals surface area contributed by atoms with Gasteiger partial charge in [-0.15, -0.1) is 0 Å². The van der Waals surface area contributed by atoms with Crippen LogP contribution in [0.3, 0.4) is 0 Å². The molecule has 39 heavy (non-hydrogen) atoms. The van der Waals surface area contributed by atoms with Gasteiger partial charge in [0, 0.05) is 40.5 Å². The molecule has 0 aliphatic heterocycles. The molecule has 1 aromatic heterocycles. The lowest BCUT2D eigenvalue weighted by Gasteiger charge is -2.24. The van der Waals surface area contributed by atoms with E-state index in [0.29, 0.717) is 45.9 Å². The van der Waals surface area contributed by atoms with E-state index in [4.69, 9.17) is 16.6 Å². The maximum absolute atomic E-state index is 11.5. The van der Waals surface area contributed by atoms with E-state index < -0.39 is 9.85 Å². The molecule has 0 radical (unpaired) electrons. The number of nitrogens with one attached hydrogen (secondary N) is 1. The Hall–Kier alpha value is -5.07. The Kier molecular flexibility index (Phi) is 7.04. The first kappa shape index (κ1) is 25.6. The van der Waals surface area contributed by atoms with Crippen LogP contribution < -0.4 is 5.32 Å². The molecule has 1 N–H and O–H groups in total. The third-order valence-corrected chi connectivity index (χ3v) is 6.68. The summed E-state index contributed by atoms with van der Waals surface area (Å²) in [5.41, 5.74) is 4.81. The molecular weight excluding hydrogens is 518 g/mol. The van der Waals surface area contributed by atoms with Crippen molar-refractivity contribution in [2.45, 2.75) is 19.3 Å². The molecule has 0 amide bonds. The normalized spacial score (nSPS) is 13.4. The minimum absolute atomic E-state index is 0.0197. The Morgan fingerprint density at radius 2 is 1.67 bits per heavy atom. The van der Waals surface area contributed by atoms with E-state index in [1.807, 2.05) is 6.08 Å². The molecule has 0 spiro atoms. The zero-order valence-corrected chi connectivity index (χ0v) is 21.2. The smallest absolute Gasteiger partial charge is 0.270 e. The third kappa shape index (κ3) is 5.32. The van der Waals surface area contributed by atoms with Crippen LogP contribution in [0, 0.1) is 31.6 Å². The molecular formula is C29H20ClN5O4. The number of fused-ring (bicyclic) bond motifs is 1. The van der Waals surface area contributed by atoms with Gasteiger partial charge in [0.1, 0.15) is 17.5 Å². The number of nitro groups is 2. The van der Waals surface area contributed by atoms with Crippen LogP contribution in [0.25, 0.3) is 22.8 Å². The van der Waals surface area contributed by atoms with Crippen LogP contribution in [0.1, 0.15) is 35.2 Å². The number of aromatic nitrogens is 1. The second-order valence-corrected chi connectivity index (χ2v) is 9.40. The van der Waals surface area contributed by atoms with Gasteiger partial charge in [0.25, 0.3) is 11.4 Å². The average Bonchev–Trinajstić information content (AvgIpc) is 2.93. The fourth-order valence-corrected chi connectivity index (χ4v) is 4.96. The molecule has 0 saturated carbocycles. The minimum atomic E-state index is -0.470. The van der Waals surface area contributed by atoms with Gasteiger partial charge in [-0.3, -0.25) is 20.2 Å².